The van der Waals surface area contributed by atoms with Crippen LogP contribution >= 0.6 is 0 Å². The summed E-state index contributed by atoms with van der Waals surface area (Å²) < 4.78 is 5.37. The summed E-state index contributed by atoms with van der Waals surface area (Å²) in [4.78, 5) is 13.7. The van der Waals surface area contributed by atoms with Gasteiger partial charge in [0.1, 0.15) is 5.60 Å². The number of amides is 1. The Morgan fingerprint density at radius 1 is 1.53 bits per heavy atom. The van der Waals surface area contributed by atoms with Gasteiger partial charge < -0.3 is 14.7 Å². The monoisotopic (exact) mass is 243 g/mol. The molecule has 1 fully saturated rings. The number of nitrogens with zero attached hydrogens (tertiary/aromatic N) is 1. The minimum Gasteiger partial charge on any atom is -0.444 e. The van der Waals surface area contributed by atoms with E-state index in [0.717, 1.165) is 12.8 Å². The Bertz CT molecular complexity index is 285. The van der Waals surface area contributed by atoms with E-state index in [-0.39, 0.29) is 24.2 Å². The first-order valence-corrected chi connectivity index (χ1v) is 6.27. The number of carbonyl (C=O) groups is 1. The molecule has 17 heavy (non-hydrogen) atoms. The number of hydrogen-bond donors (Lipinski definition) is 1. The van der Waals surface area contributed by atoms with E-state index in [1.807, 2.05) is 27.7 Å². The maximum atomic E-state index is 12.0. The molecule has 1 saturated heterocycles. The second-order valence-electron chi connectivity index (χ2n) is 6.45. The fraction of sp³-hybridized carbons (Fsp3) is 0.923. The van der Waals surface area contributed by atoms with E-state index in [1.165, 1.54) is 0 Å². The predicted molar refractivity (Wildman–Crippen MR) is 66.8 cm³/mol. The average molecular weight is 243 g/mol. The van der Waals surface area contributed by atoms with E-state index < -0.39 is 5.60 Å². The zero-order valence-electron chi connectivity index (χ0n) is 11.6. The molecule has 1 aliphatic heterocycles. The fourth-order valence-electron chi connectivity index (χ4n) is 2.27. The summed E-state index contributed by atoms with van der Waals surface area (Å²) in [5, 5.41) is 9.34. The molecule has 1 heterocycles. The van der Waals surface area contributed by atoms with Gasteiger partial charge in [0.2, 0.25) is 0 Å². The number of piperidine rings is 1. The molecule has 0 saturated carbocycles. The highest BCUT2D eigenvalue weighted by molar-refractivity contribution is 5.68. The second-order valence-corrected chi connectivity index (χ2v) is 6.45. The van der Waals surface area contributed by atoms with Crippen molar-refractivity contribution < 1.29 is 14.6 Å². The summed E-state index contributed by atoms with van der Waals surface area (Å²) in [6.07, 6.45) is 1.40. The Morgan fingerprint density at radius 3 is 2.53 bits per heavy atom. The Balaban J connectivity index is 2.61. The fourth-order valence-corrected chi connectivity index (χ4v) is 2.27. The zero-order chi connectivity index (χ0) is 13.3. The third kappa shape index (κ3) is 3.87. The third-order valence-corrected chi connectivity index (χ3v) is 3.29. The lowest BCUT2D eigenvalue weighted by Gasteiger charge is -2.43. The van der Waals surface area contributed by atoms with Gasteiger partial charge in [0, 0.05) is 19.2 Å². The summed E-state index contributed by atoms with van der Waals surface area (Å²) in [6.45, 7) is 10.5. The minimum atomic E-state index is -0.450. The van der Waals surface area contributed by atoms with Crippen LogP contribution in [0, 0.1) is 5.41 Å². The molecule has 1 rings (SSSR count). The Hall–Kier alpha value is -0.770. The zero-order valence-corrected chi connectivity index (χ0v) is 11.6. The van der Waals surface area contributed by atoms with E-state index in [2.05, 4.69) is 6.92 Å². The lowest BCUT2D eigenvalue weighted by molar-refractivity contribution is -0.0129. The van der Waals surface area contributed by atoms with Crippen LogP contribution in [0.2, 0.25) is 0 Å². The predicted octanol–water partition coefficient (Wildman–Crippen LogP) is 2.40. The summed E-state index contributed by atoms with van der Waals surface area (Å²) in [7, 11) is 0. The summed E-state index contributed by atoms with van der Waals surface area (Å²) in [6, 6.07) is 0.121. The first-order chi connectivity index (χ1) is 7.67. The molecule has 1 N–H and O–H groups in total. The van der Waals surface area contributed by atoms with Crippen molar-refractivity contribution in [1.29, 1.82) is 0 Å². The van der Waals surface area contributed by atoms with Crippen LogP contribution in [0.15, 0.2) is 0 Å². The van der Waals surface area contributed by atoms with Crippen LogP contribution < -0.4 is 0 Å². The van der Waals surface area contributed by atoms with Crippen LogP contribution in [-0.4, -0.2) is 40.9 Å². The van der Waals surface area contributed by atoms with Gasteiger partial charge in [-0.25, -0.2) is 4.79 Å². The molecule has 0 bridgehead atoms. The van der Waals surface area contributed by atoms with Crippen LogP contribution in [0.25, 0.3) is 0 Å². The lowest BCUT2D eigenvalue weighted by atomic mass is 9.78. The molecule has 1 amide bonds. The average Bonchev–Trinajstić information content (AvgIpc) is 2.14. The second kappa shape index (κ2) is 4.84. The van der Waals surface area contributed by atoms with Crippen LogP contribution in [0.4, 0.5) is 4.79 Å². The van der Waals surface area contributed by atoms with Gasteiger partial charge >= 0.3 is 6.09 Å². The molecule has 2 atom stereocenters. The third-order valence-electron chi connectivity index (χ3n) is 3.29. The largest absolute Gasteiger partial charge is 0.444 e. The van der Waals surface area contributed by atoms with Crippen LogP contribution in [0.5, 0.6) is 0 Å². The van der Waals surface area contributed by atoms with Crippen LogP contribution in [0.1, 0.15) is 47.5 Å². The summed E-state index contributed by atoms with van der Waals surface area (Å²) in [5.74, 6) is 0. The maximum absolute atomic E-state index is 12.0. The molecule has 0 radical (unpaired) electrons. The van der Waals surface area contributed by atoms with Crippen molar-refractivity contribution in [2.45, 2.75) is 59.1 Å². The van der Waals surface area contributed by atoms with Gasteiger partial charge in [0.05, 0.1) is 0 Å². The van der Waals surface area contributed by atoms with Crippen molar-refractivity contribution >= 4 is 6.09 Å². The van der Waals surface area contributed by atoms with E-state index >= 15 is 0 Å². The van der Waals surface area contributed by atoms with E-state index in [0.29, 0.717) is 6.54 Å². The smallest absolute Gasteiger partial charge is 0.410 e. The highest BCUT2D eigenvalue weighted by atomic mass is 16.6. The van der Waals surface area contributed by atoms with Crippen molar-refractivity contribution in [3.8, 4) is 0 Å². The van der Waals surface area contributed by atoms with Crippen molar-refractivity contribution in [3.63, 3.8) is 0 Å². The highest BCUT2D eigenvalue weighted by Gasteiger charge is 2.37. The Kier molecular flexibility index (Phi) is 4.07. The molecule has 0 aliphatic carbocycles. The minimum absolute atomic E-state index is 0.0576. The van der Waals surface area contributed by atoms with Crippen molar-refractivity contribution in [3.05, 3.63) is 0 Å². The normalized spacial score (nSPS) is 30.2. The number of aliphatic hydroxyl groups excluding tert-OH is 1. The number of ether oxygens (including phenoxy) is 1. The van der Waals surface area contributed by atoms with Gasteiger partial charge in [-0.05, 0) is 46.0 Å². The molecule has 4 nitrogen and oxygen atoms in total. The van der Waals surface area contributed by atoms with E-state index in [9.17, 15) is 9.90 Å². The highest BCUT2D eigenvalue weighted by Crippen LogP contribution is 2.34. The Labute approximate surface area is 104 Å². The van der Waals surface area contributed by atoms with Gasteiger partial charge in [-0.2, -0.15) is 0 Å². The molecule has 0 aromatic rings. The number of rotatable bonds is 1. The molecule has 0 aromatic heterocycles. The summed E-state index contributed by atoms with van der Waals surface area (Å²) >= 11 is 0. The van der Waals surface area contributed by atoms with Crippen LogP contribution in [-0.2, 0) is 4.74 Å². The molecule has 1 aliphatic rings. The molecular formula is C13H25NO3. The quantitative estimate of drug-likeness (QED) is 0.769. The lowest BCUT2D eigenvalue weighted by Crippen LogP contribution is -2.50. The van der Waals surface area contributed by atoms with Crippen molar-refractivity contribution in [2.24, 2.45) is 5.41 Å². The van der Waals surface area contributed by atoms with E-state index in [4.69, 9.17) is 4.74 Å². The van der Waals surface area contributed by atoms with Crippen molar-refractivity contribution in [1.82, 2.24) is 4.90 Å². The molecule has 4 heteroatoms. The molecular weight excluding hydrogens is 218 g/mol. The topological polar surface area (TPSA) is 49.8 Å². The molecule has 0 aromatic carbocycles. The molecule has 2 unspecified atom stereocenters. The molecule has 0 spiro atoms. The number of likely N-dealkylation sites (tertiary alicyclic amines) is 1. The van der Waals surface area contributed by atoms with Gasteiger partial charge in [-0.15, -0.1) is 0 Å². The number of carbonyl (C=O) groups excluding carboxylic acids is 1. The maximum Gasteiger partial charge on any atom is 0.410 e. The SMILES string of the molecule is CC1CC(C)(CO)CCN1C(=O)OC(C)(C)C. The summed E-state index contributed by atoms with van der Waals surface area (Å²) in [5.41, 5.74) is -0.507. The van der Waals surface area contributed by atoms with Gasteiger partial charge in [-0.1, -0.05) is 6.92 Å². The first-order valence-electron chi connectivity index (χ1n) is 6.27. The van der Waals surface area contributed by atoms with Crippen LogP contribution in [0.3, 0.4) is 0 Å². The van der Waals surface area contributed by atoms with Gasteiger partial charge in [0.15, 0.2) is 0 Å². The van der Waals surface area contributed by atoms with Gasteiger partial charge in [0.25, 0.3) is 0 Å². The van der Waals surface area contributed by atoms with E-state index in [1.54, 1.807) is 4.90 Å². The number of aliphatic hydroxyl groups is 1. The Morgan fingerprint density at radius 2 is 2.12 bits per heavy atom. The first kappa shape index (κ1) is 14.3. The molecule has 100 valence electrons. The van der Waals surface area contributed by atoms with Gasteiger partial charge in [-0.3, -0.25) is 0 Å². The van der Waals surface area contributed by atoms with Crippen molar-refractivity contribution in [2.75, 3.05) is 13.2 Å². The standard InChI is InChI=1S/C13H25NO3/c1-10-8-13(5,9-15)6-7-14(10)11(16)17-12(2,3)4/h10,15H,6-9H2,1-5H3. The number of hydrogen-bond acceptors (Lipinski definition) is 3.